The van der Waals surface area contributed by atoms with Crippen molar-refractivity contribution in [1.29, 1.82) is 0 Å². The molecule has 2 atom stereocenters. The van der Waals surface area contributed by atoms with E-state index in [9.17, 15) is 5.11 Å². The average Bonchev–Trinajstić information content (AvgIpc) is 2.76. The Kier molecular flexibility index (Phi) is 5.79. The SMILES string of the molecule is CC(C)c1ncc(CNC2CCCCCC2CO)s1. The van der Waals surface area contributed by atoms with Gasteiger partial charge in [0, 0.05) is 36.2 Å². The van der Waals surface area contributed by atoms with E-state index in [1.165, 1.54) is 35.6 Å². The molecule has 1 aliphatic rings. The highest BCUT2D eigenvalue weighted by Gasteiger charge is 2.22. The zero-order valence-electron chi connectivity index (χ0n) is 12.1. The first-order chi connectivity index (χ1) is 9.20. The summed E-state index contributed by atoms with van der Waals surface area (Å²) in [6, 6.07) is 0.470. The highest BCUT2D eigenvalue weighted by atomic mass is 32.1. The number of nitrogens with one attached hydrogen (secondary N) is 1. The number of aromatic nitrogens is 1. The van der Waals surface area contributed by atoms with E-state index in [4.69, 9.17) is 0 Å². The van der Waals surface area contributed by atoms with E-state index in [1.54, 1.807) is 0 Å². The maximum absolute atomic E-state index is 9.51. The van der Waals surface area contributed by atoms with Crippen molar-refractivity contribution in [2.24, 2.45) is 5.92 Å². The zero-order chi connectivity index (χ0) is 13.7. The molecule has 4 heteroatoms. The van der Waals surface area contributed by atoms with Crippen LogP contribution in [0.1, 0.15) is 61.8 Å². The molecule has 1 aromatic rings. The fraction of sp³-hybridized carbons (Fsp3) is 0.800. The first kappa shape index (κ1) is 14.9. The lowest BCUT2D eigenvalue weighted by atomic mass is 9.96. The molecule has 1 fully saturated rings. The Morgan fingerprint density at radius 2 is 2.16 bits per heavy atom. The van der Waals surface area contributed by atoms with Gasteiger partial charge in [-0.3, -0.25) is 0 Å². The largest absolute Gasteiger partial charge is 0.396 e. The smallest absolute Gasteiger partial charge is 0.0953 e. The predicted molar refractivity (Wildman–Crippen MR) is 80.5 cm³/mol. The first-order valence-corrected chi connectivity index (χ1v) is 8.31. The molecular formula is C15H26N2OS. The molecule has 3 nitrogen and oxygen atoms in total. The Balaban J connectivity index is 1.88. The number of nitrogens with zero attached hydrogens (tertiary/aromatic N) is 1. The molecule has 0 radical (unpaired) electrons. The lowest BCUT2D eigenvalue weighted by Gasteiger charge is -2.24. The summed E-state index contributed by atoms with van der Waals surface area (Å²) in [6.45, 7) is 5.58. The minimum Gasteiger partial charge on any atom is -0.396 e. The van der Waals surface area contributed by atoms with Crippen molar-refractivity contribution in [3.05, 3.63) is 16.1 Å². The molecule has 0 amide bonds. The molecule has 0 saturated heterocycles. The van der Waals surface area contributed by atoms with Crippen LogP contribution in [0.5, 0.6) is 0 Å². The summed E-state index contributed by atoms with van der Waals surface area (Å²) in [6.07, 6.45) is 8.22. The lowest BCUT2D eigenvalue weighted by Crippen LogP contribution is -2.36. The van der Waals surface area contributed by atoms with Crippen LogP contribution in [0, 0.1) is 5.92 Å². The van der Waals surface area contributed by atoms with Crippen molar-refractivity contribution in [2.45, 2.75) is 64.5 Å². The molecule has 1 heterocycles. The van der Waals surface area contributed by atoms with Crippen LogP contribution in [-0.4, -0.2) is 22.7 Å². The van der Waals surface area contributed by atoms with E-state index in [0.717, 1.165) is 13.0 Å². The third kappa shape index (κ3) is 4.26. The van der Waals surface area contributed by atoms with Gasteiger partial charge in [0.05, 0.1) is 5.01 Å². The van der Waals surface area contributed by atoms with Crippen LogP contribution in [-0.2, 0) is 6.54 Å². The maximum Gasteiger partial charge on any atom is 0.0953 e. The molecule has 1 aliphatic carbocycles. The van der Waals surface area contributed by atoms with E-state index in [2.05, 4.69) is 24.1 Å². The molecule has 108 valence electrons. The van der Waals surface area contributed by atoms with Gasteiger partial charge in [-0.05, 0) is 18.8 Å². The van der Waals surface area contributed by atoms with Gasteiger partial charge in [0.2, 0.25) is 0 Å². The fourth-order valence-electron chi connectivity index (χ4n) is 2.77. The second kappa shape index (κ2) is 7.36. The van der Waals surface area contributed by atoms with Gasteiger partial charge in [-0.25, -0.2) is 4.98 Å². The van der Waals surface area contributed by atoms with Crippen molar-refractivity contribution in [3.8, 4) is 0 Å². The molecular weight excluding hydrogens is 256 g/mol. The number of hydrogen-bond acceptors (Lipinski definition) is 4. The summed E-state index contributed by atoms with van der Waals surface area (Å²) in [5, 5.41) is 14.4. The Bertz CT molecular complexity index is 378. The zero-order valence-corrected chi connectivity index (χ0v) is 12.9. The van der Waals surface area contributed by atoms with Gasteiger partial charge in [-0.1, -0.05) is 33.1 Å². The summed E-state index contributed by atoms with van der Waals surface area (Å²) < 4.78 is 0. The summed E-state index contributed by atoms with van der Waals surface area (Å²) in [7, 11) is 0. The van der Waals surface area contributed by atoms with E-state index in [-0.39, 0.29) is 0 Å². The van der Waals surface area contributed by atoms with Gasteiger partial charge >= 0.3 is 0 Å². The highest BCUT2D eigenvalue weighted by molar-refractivity contribution is 7.11. The van der Waals surface area contributed by atoms with Crippen LogP contribution in [0.3, 0.4) is 0 Å². The van der Waals surface area contributed by atoms with Gasteiger partial charge < -0.3 is 10.4 Å². The number of hydrogen-bond donors (Lipinski definition) is 2. The molecule has 1 saturated carbocycles. The number of aliphatic hydroxyl groups excluding tert-OH is 1. The number of rotatable bonds is 5. The Hall–Kier alpha value is -0.450. The minimum absolute atomic E-state index is 0.317. The summed E-state index contributed by atoms with van der Waals surface area (Å²) in [4.78, 5) is 5.78. The monoisotopic (exact) mass is 282 g/mol. The molecule has 2 rings (SSSR count). The Morgan fingerprint density at radius 1 is 1.37 bits per heavy atom. The molecule has 2 unspecified atom stereocenters. The third-order valence-corrected chi connectivity index (χ3v) is 5.30. The van der Waals surface area contributed by atoms with Crippen LogP contribution < -0.4 is 5.32 Å². The Labute approximate surface area is 120 Å². The summed E-state index contributed by atoms with van der Waals surface area (Å²) in [5.41, 5.74) is 0. The van der Waals surface area contributed by atoms with Crippen LogP contribution in [0.4, 0.5) is 0 Å². The first-order valence-electron chi connectivity index (χ1n) is 7.49. The van der Waals surface area contributed by atoms with Crippen molar-refractivity contribution < 1.29 is 5.11 Å². The number of aliphatic hydroxyl groups is 1. The van der Waals surface area contributed by atoms with Crippen molar-refractivity contribution in [2.75, 3.05) is 6.61 Å². The molecule has 0 aromatic carbocycles. The van der Waals surface area contributed by atoms with E-state index in [0.29, 0.717) is 24.5 Å². The fourth-order valence-corrected chi connectivity index (χ4v) is 3.65. The summed E-state index contributed by atoms with van der Waals surface area (Å²) in [5.74, 6) is 0.946. The third-order valence-electron chi connectivity index (χ3n) is 4.00. The van der Waals surface area contributed by atoms with Crippen molar-refractivity contribution in [3.63, 3.8) is 0 Å². The van der Waals surface area contributed by atoms with Gasteiger partial charge in [-0.2, -0.15) is 0 Å². The van der Waals surface area contributed by atoms with Gasteiger partial charge in [-0.15, -0.1) is 11.3 Å². The van der Waals surface area contributed by atoms with Gasteiger partial charge in [0.15, 0.2) is 0 Å². The molecule has 2 N–H and O–H groups in total. The van der Waals surface area contributed by atoms with Crippen molar-refractivity contribution in [1.82, 2.24) is 10.3 Å². The topological polar surface area (TPSA) is 45.2 Å². The lowest BCUT2D eigenvalue weighted by molar-refractivity contribution is 0.181. The van der Waals surface area contributed by atoms with Crippen molar-refractivity contribution >= 4 is 11.3 Å². The second-order valence-corrected chi connectivity index (χ2v) is 7.03. The average molecular weight is 282 g/mol. The minimum atomic E-state index is 0.317. The standard InChI is InChI=1S/C15H26N2OS/c1-11(2)15-17-9-13(19-15)8-16-14-7-5-3-4-6-12(14)10-18/h9,11-12,14,16,18H,3-8,10H2,1-2H3. The molecule has 0 spiro atoms. The second-order valence-electron chi connectivity index (χ2n) is 5.89. The van der Waals surface area contributed by atoms with E-state index >= 15 is 0 Å². The van der Waals surface area contributed by atoms with E-state index < -0.39 is 0 Å². The number of thiazole rings is 1. The van der Waals surface area contributed by atoms with Gasteiger partial charge in [0.1, 0.15) is 0 Å². The molecule has 19 heavy (non-hydrogen) atoms. The van der Waals surface area contributed by atoms with E-state index in [1.807, 2.05) is 17.5 Å². The predicted octanol–water partition coefficient (Wildman–Crippen LogP) is 3.30. The normalized spacial score (nSPS) is 24.6. The van der Waals surface area contributed by atoms with Crippen LogP contribution in [0.25, 0.3) is 0 Å². The molecule has 0 aliphatic heterocycles. The van der Waals surface area contributed by atoms with Crippen LogP contribution >= 0.6 is 11.3 Å². The maximum atomic E-state index is 9.51. The quantitative estimate of drug-likeness (QED) is 0.815. The van der Waals surface area contributed by atoms with Crippen LogP contribution in [0.2, 0.25) is 0 Å². The molecule has 0 bridgehead atoms. The molecule has 1 aromatic heterocycles. The Morgan fingerprint density at radius 3 is 2.84 bits per heavy atom. The summed E-state index contributed by atoms with van der Waals surface area (Å²) >= 11 is 1.81. The van der Waals surface area contributed by atoms with Crippen LogP contribution in [0.15, 0.2) is 6.20 Å². The highest BCUT2D eigenvalue weighted by Crippen LogP contribution is 2.25. The van der Waals surface area contributed by atoms with Gasteiger partial charge in [0.25, 0.3) is 0 Å².